The molecule has 4 rings (SSSR count). The van der Waals surface area contributed by atoms with E-state index in [2.05, 4.69) is 49.3 Å². The number of anilines is 2. The van der Waals surface area contributed by atoms with Crippen LogP contribution in [-0.2, 0) is 12.4 Å². The van der Waals surface area contributed by atoms with E-state index in [0.29, 0.717) is 6.42 Å². The van der Waals surface area contributed by atoms with Gasteiger partial charge >= 0.3 is 12.4 Å². The summed E-state index contributed by atoms with van der Waals surface area (Å²) in [5, 5.41) is 5.95. The van der Waals surface area contributed by atoms with E-state index < -0.39 is 35.1 Å². The first kappa shape index (κ1) is 32.6. The molecule has 1 unspecified atom stereocenters. The number of pyridine rings is 2. The van der Waals surface area contributed by atoms with Crippen molar-refractivity contribution in [2.45, 2.75) is 52.0 Å². The highest BCUT2D eigenvalue weighted by Gasteiger charge is 2.35. The summed E-state index contributed by atoms with van der Waals surface area (Å²) in [6.45, 7) is 8.65. The van der Waals surface area contributed by atoms with Gasteiger partial charge in [0, 0.05) is 17.9 Å². The Labute approximate surface area is 249 Å². The van der Waals surface area contributed by atoms with Crippen LogP contribution in [0.2, 0.25) is 0 Å². The Morgan fingerprint density at radius 2 is 1.61 bits per heavy atom. The average molecular weight is 620 g/mol. The van der Waals surface area contributed by atoms with Gasteiger partial charge < -0.3 is 15.5 Å². The van der Waals surface area contributed by atoms with Gasteiger partial charge in [-0.25, -0.2) is 15.0 Å². The summed E-state index contributed by atoms with van der Waals surface area (Å²) in [5.74, 6) is -0.923. The molecular formula is C30H31F6N7O. The molecule has 0 saturated heterocycles. The van der Waals surface area contributed by atoms with Crippen molar-refractivity contribution in [1.82, 2.24) is 30.2 Å². The summed E-state index contributed by atoms with van der Waals surface area (Å²) >= 11 is 0. The quantitative estimate of drug-likeness (QED) is 0.173. The van der Waals surface area contributed by atoms with Gasteiger partial charge in [0.05, 0.1) is 22.2 Å². The molecule has 1 amide bonds. The predicted molar refractivity (Wildman–Crippen MR) is 154 cm³/mol. The van der Waals surface area contributed by atoms with Crippen LogP contribution < -0.4 is 10.6 Å². The fraction of sp³-hybridized carbons (Fsp3) is 0.367. The Balaban J connectivity index is 1.70. The maximum Gasteiger partial charge on any atom is 0.418 e. The van der Waals surface area contributed by atoms with Crippen molar-refractivity contribution < 1.29 is 31.1 Å². The number of nitrogens with zero attached hydrogens (tertiary/aromatic N) is 5. The van der Waals surface area contributed by atoms with Gasteiger partial charge in [-0.3, -0.25) is 9.78 Å². The molecule has 3 heterocycles. The minimum Gasteiger partial charge on any atom is -0.347 e. The molecule has 0 aliphatic heterocycles. The van der Waals surface area contributed by atoms with Crippen molar-refractivity contribution in [2.24, 2.45) is 0 Å². The van der Waals surface area contributed by atoms with E-state index in [4.69, 9.17) is 0 Å². The number of hydrogen-bond donors (Lipinski definition) is 2. The van der Waals surface area contributed by atoms with Gasteiger partial charge in [0.15, 0.2) is 5.65 Å². The average Bonchev–Trinajstić information content (AvgIpc) is 2.98. The Morgan fingerprint density at radius 1 is 0.909 bits per heavy atom. The molecule has 0 bridgehead atoms. The second-order valence-corrected chi connectivity index (χ2v) is 10.1. The highest BCUT2D eigenvalue weighted by Crippen LogP contribution is 2.36. The molecule has 44 heavy (non-hydrogen) atoms. The molecule has 1 aromatic carbocycles. The number of hydrogen-bond acceptors (Lipinski definition) is 7. The van der Waals surface area contributed by atoms with Crippen LogP contribution in [0.4, 0.5) is 37.8 Å². The lowest BCUT2D eigenvalue weighted by Crippen LogP contribution is -2.34. The molecule has 0 spiro atoms. The molecule has 234 valence electrons. The Morgan fingerprint density at radius 3 is 2.25 bits per heavy atom. The van der Waals surface area contributed by atoms with Gasteiger partial charge in [-0.15, -0.1) is 0 Å². The molecule has 0 aliphatic rings. The fourth-order valence-corrected chi connectivity index (χ4v) is 4.58. The lowest BCUT2D eigenvalue weighted by Gasteiger charge is -2.19. The molecular weight excluding hydrogens is 588 g/mol. The topological polar surface area (TPSA) is 95.9 Å². The number of halogens is 6. The Kier molecular flexibility index (Phi) is 10.0. The SMILES string of the molecule is CCN(CC)CCCC(C)NC(=O)c1nc(Nc2ccc(C(F)(F)F)cc2)c2ccc(-c3ncccc3C(F)(F)F)nc2n1. The number of aromatic nitrogens is 4. The number of carbonyl (C=O) groups excluding carboxylic acids is 1. The highest BCUT2D eigenvalue weighted by atomic mass is 19.4. The molecule has 8 nitrogen and oxygen atoms in total. The van der Waals surface area contributed by atoms with E-state index in [1.165, 1.54) is 30.5 Å². The van der Waals surface area contributed by atoms with Crippen molar-refractivity contribution in [3.8, 4) is 11.4 Å². The Hall–Kier alpha value is -4.33. The summed E-state index contributed by atoms with van der Waals surface area (Å²) in [5.41, 5.74) is -2.30. The number of nitrogens with one attached hydrogen (secondary N) is 2. The number of benzene rings is 1. The van der Waals surface area contributed by atoms with Crippen LogP contribution in [0.15, 0.2) is 54.7 Å². The van der Waals surface area contributed by atoms with Gasteiger partial charge in [-0.1, -0.05) is 13.8 Å². The van der Waals surface area contributed by atoms with Crippen molar-refractivity contribution in [3.63, 3.8) is 0 Å². The minimum absolute atomic E-state index is 0.0326. The first-order valence-electron chi connectivity index (χ1n) is 14.0. The monoisotopic (exact) mass is 619 g/mol. The number of fused-ring (bicyclic) bond motifs is 1. The van der Waals surface area contributed by atoms with Crippen LogP contribution in [0.3, 0.4) is 0 Å². The predicted octanol–water partition coefficient (Wildman–Crippen LogP) is 7.11. The van der Waals surface area contributed by atoms with Crippen LogP contribution in [-0.4, -0.2) is 56.4 Å². The highest BCUT2D eigenvalue weighted by molar-refractivity contribution is 5.96. The number of carbonyl (C=O) groups is 1. The van der Waals surface area contributed by atoms with Crippen LogP contribution >= 0.6 is 0 Å². The summed E-state index contributed by atoms with van der Waals surface area (Å²) in [7, 11) is 0. The van der Waals surface area contributed by atoms with Crippen LogP contribution in [0.25, 0.3) is 22.4 Å². The zero-order valence-electron chi connectivity index (χ0n) is 24.2. The smallest absolute Gasteiger partial charge is 0.347 e. The third-order valence-electron chi connectivity index (χ3n) is 6.98. The summed E-state index contributed by atoms with van der Waals surface area (Å²) in [4.78, 5) is 32.2. The molecule has 0 radical (unpaired) electrons. The number of alkyl halides is 6. The van der Waals surface area contributed by atoms with E-state index in [9.17, 15) is 31.1 Å². The third kappa shape index (κ3) is 7.98. The standard InChI is InChI=1S/C30H31F6N7O/c1-4-43(5-2)17-7-8-18(3)38-28(44)27-41-25(39-20-12-10-19(11-13-20)29(31,32)33)21-14-15-23(40-26(21)42-27)24-22(30(34,35)36)9-6-16-37-24/h6,9-16,18H,4-5,7-8,17H2,1-3H3,(H,38,44)(H,39,40,41,42). The van der Waals surface area contributed by atoms with Gasteiger partial charge in [0.1, 0.15) is 11.5 Å². The van der Waals surface area contributed by atoms with E-state index in [1.807, 2.05) is 6.92 Å². The second kappa shape index (κ2) is 13.5. The Bertz CT molecular complexity index is 1590. The van der Waals surface area contributed by atoms with Crippen molar-refractivity contribution in [3.05, 3.63) is 71.7 Å². The first-order chi connectivity index (χ1) is 20.8. The van der Waals surface area contributed by atoms with Gasteiger partial charge in [-0.05, 0) is 87.9 Å². The summed E-state index contributed by atoms with van der Waals surface area (Å²) in [6.07, 6.45) is -6.52. The van der Waals surface area contributed by atoms with Crippen molar-refractivity contribution >= 4 is 28.4 Å². The maximum atomic E-state index is 13.7. The molecule has 0 fully saturated rings. The lowest BCUT2D eigenvalue weighted by molar-refractivity contribution is -0.138. The minimum atomic E-state index is -4.70. The summed E-state index contributed by atoms with van der Waals surface area (Å²) in [6, 6.07) is 8.67. The first-order valence-corrected chi connectivity index (χ1v) is 14.0. The van der Waals surface area contributed by atoms with Crippen LogP contribution in [0.1, 0.15) is 55.4 Å². The summed E-state index contributed by atoms with van der Waals surface area (Å²) < 4.78 is 80.3. The molecule has 0 saturated carbocycles. The van der Waals surface area contributed by atoms with Gasteiger partial charge in [0.25, 0.3) is 5.91 Å². The molecule has 2 N–H and O–H groups in total. The van der Waals surface area contributed by atoms with Crippen molar-refractivity contribution in [2.75, 3.05) is 25.0 Å². The van der Waals surface area contributed by atoms with E-state index >= 15 is 0 Å². The second-order valence-electron chi connectivity index (χ2n) is 10.1. The molecule has 1 atom stereocenters. The molecule has 3 aromatic heterocycles. The van der Waals surface area contributed by atoms with Gasteiger partial charge in [0.2, 0.25) is 5.82 Å². The maximum absolute atomic E-state index is 13.7. The normalized spacial score (nSPS) is 12.9. The third-order valence-corrected chi connectivity index (χ3v) is 6.98. The van der Waals surface area contributed by atoms with Crippen LogP contribution in [0.5, 0.6) is 0 Å². The molecule has 14 heteroatoms. The lowest BCUT2D eigenvalue weighted by atomic mass is 10.1. The van der Waals surface area contributed by atoms with E-state index in [1.54, 1.807) is 0 Å². The largest absolute Gasteiger partial charge is 0.418 e. The van der Waals surface area contributed by atoms with E-state index in [0.717, 1.165) is 50.3 Å². The molecule has 4 aromatic rings. The van der Waals surface area contributed by atoms with Crippen LogP contribution in [0, 0.1) is 0 Å². The van der Waals surface area contributed by atoms with Gasteiger partial charge in [-0.2, -0.15) is 26.3 Å². The molecule has 0 aliphatic carbocycles. The number of rotatable bonds is 11. The zero-order chi connectivity index (χ0) is 32.1. The number of amides is 1. The van der Waals surface area contributed by atoms with Crippen molar-refractivity contribution in [1.29, 1.82) is 0 Å². The zero-order valence-corrected chi connectivity index (χ0v) is 24.2. The van der Waals surface area contributed by atoms with E-state index in [-0.39, 0.29) is 40.1 Å². The fourth-order valence-electron chi connectivity index (χ4n) is 4.58.